The lowest BCUT2D eigenvalue weighted by molar-refractivity contribution is 0.301. The fourth-order valence-corrected chi connectivity index (χ4v) is 3.34. The number of hydrogen-bond acceptors (Lipinski definition) is 3. The van der Waals surface area contributed by atoms with E-state index in [0.717, 1.165) is 27.9 Å². The quantitative estimate of drug-likeness (QED) is 0.168. The molecule has 3 rings (SSSR count). The summed E-state index contributed by atoms with van der Waals surface area (Å²) in [6.45, 7) is 0.393. The summed E-state index contributed by atoms with van der Waals surface area (Å²) in [6, 6.07) is 16.4. The highest BCUT2D eigenvalue weighted by Crippen LogP contribution is 2.17. The molecule has 0 N–H and O–H groups in total. The summed E-state index contributed by atoms with van der Waals surface area (Å²) in [5, 5.41) is 0. The zero-order valence-electron chi connectivity index (χ0n) is 14.9. The van der Waals surface area contributed by atoms with Crippen molar-refractivity contribution in [1.29, 1.82) is 0 Å². The second-order valence-electron chi connectivity index (χ2n) is 6.14. The second kappa shape index (κ2) is 10.7. The van der Waals surface area contributed by atoms with Crippen LogP contribution >= 0.6 is 38.5 Å². The molecule has 0 aliphatic carbocycles. The fraction of sp³-hybridized carbons (Fsp3) is 0.227. The Morgan fingerprint density at radius 2 is 1.78 bits per heavy atom. The van der Waals surface area contributed by atoms with Crippen LogP contribution in [0.1, 0.15) is 35.6 Å². The van der Waals surface area contributed by atoms with Crippen LogP contribution in [0.2, 0.25) is 0 Å². The van der Waals surface area contributed by atoms with Gasteiger partial charge in [0.25, 0.3) is 0 Å². The van der Waals surface area contributed by atoms with Crippen molar-refractivity contribution < 1.29 is 9.15 Å². The molecule has 0 fully saturated rings. The van der Waals surface area contributed by atoms with Crippen LogP contribution in [0, 0.1) is 0 Å². The van der Waals surface area contributed by atoms with Crippen molar-refractivity contribution in [2.45, 2.75) is 25.9 Å². The molecule has 140 valence electrons. The predicted octanol–water partition coefficient (Wildman–Crippen LogP) is 6.94. The molecule has 0 saturated carbocycles. The number of benzene rings is 2. The van der Waals surface area contributed by atoms with Crippen molar-refractivity contribution >= 4 is 50.7 Å². The Labute approximate surface area is 182 Å². The van der Waals surface area contributed by atoms with Crippen LogP contribution in [0.5, 0.6) is 5.75 Å². The number of rotatable bonds is 9. The Hall–Kier alpha value is -1.60. The van der Waals surface area contributed by atoms with E-state index in [-0.39, 0.29) is 0 Å². The molecular weight excluding hydrogens is 517 g/mol. The van der Waals surface area contributed by atoms with Crippen molar-refractivity contribution in [2.24, 2.45) is 0 Å². The normalized spacial score (nSPS) is 11.2. The van der Waals surface area contributed by atoms with Gasteiger partial charge >= 0.3 is 0 Å². The average Bonchev–Trinajstić information content (AvgIpc) is 3.15. The van der Waals surface area contributed by atoms with Gasteiger partial charge in [-0.25, -0.2) is 4.98 Å². The minimum Gasteiger partial charge on any atom is -0.487 e. The molecule has 1 heterocycles. The van der Waals surface area contributed by atoms with E-state index in [1.807, 2.05) is 48.6 Å². The van der Waals surface area contributed by atoms with Gasteiger partial charge in [0, 0.05) is 10.5 Å². The molecule has 5 heteroatoms. The molecule has 27 heavy (non-hydrogen) atoms. The van der Waals surface area contributed by atoms with Gasteiger partial charge in [-0.1, -0.05) is 62.8 Å². The zero-order chi connectivity index (χ0) is 18.9. The molecular formula is C22H21BrINO2. The molecule has 0 unspecified atom stereocenters. The lowest BCUT2D eigenvalue weighted by atomic mass is 10.1. The van der Waals surface area contributed by atoms with Gasteiger partial charge in [-0.15, -0.1) is 0 Å². The summed E-state index contributed by atoms with van der Waals surface area (Å²) in [5.74, 6) is 1.42. The van der Waals surface area contributed by atoms with Crippen molar-refractivity contribution in [1.82, 2.24) is 4.98 Å². The van der Waals surface area contributed by atoms with E-state index in [4.69, 9.17) is 9.15 Å². The standard InChI is InChI=1S/C22H21BrINO2/c23-19-9-4-18(5-10-19)8-13-22-25-20(16-27-22)15-26-21-11-6-17(7-12-21)3-1-2-14-24/h4-13,16H,1-3,14-15H2. The van der Waals surface area contributed by atoms with Gasteiger partial charge in [0.05, 0.1) is 0 Å². The van der Waals surface area contributed by atoms with Crippen LogP contribution in [0.15, 0.2) is 63.7 Å². The molecule has 0 saturated heterocycles. The van der Waals surface area contributed by atoms with Gasteiger partial charge in [0.2, 0.25) is 5.89 Å². The van der Waals surface area contributed by atoms with Gasteiger partial charge in [-0.05, 0) is 65.2 Å². The largest absolute Gasteiger partial charge is 0.487 e. The highest BCUT2D eigenvalue weighted by atomic mass is 127. The van der Waals surface area contributed by atoms with E-state index in [9.17, 15) is 0 Å². The summed E-state index contributed by atoms with van der Waals surface area (Å²) in [7, 11) is 0. The van der Waals surface area contributed by atoms with Gasteiger partial charge in [-0.3, -0.25) is 0 Å². The van der Waals surface area contributed by atoms with E-state index >= 15 is 0 Å². The number of oxazole rings is 1. The second-order valence-corrected chi connectivity index (χ2v) is 8.14. The van der Waals surface area contributed by atoms with E-state index in [2.05, 4.69) is 55.6 Å². The van der Waals surface area contributed by atoms with Gasteiger partial charge in [0.1, 0.15) is 24.3 Å². The first-order valence-electron chi connectivity index (χ1n) is 8.89. The summed E-state index contributed by atoms with van der Waals surface area (Å²) in [6.07, 6.45) is 9.10. The number of ether oxygens (including phenoxy) is 1. The molecule has 0 bridgehead atoms. The van der Waals surface area contributed by atoms with Gasteiger partial charge < -0.3 is 9.15 Å². The first kappa shape index (κ1) is 20.1. The Morgan fingerprint density at radius 1 is 1.00 bits per heavy atom. The lowest BCUT2D eigenvalue weighted by Gasteiger charge is -2.05. The fourth-order valence-electron chi connectivity index (χ4n) is 2.54. The van der Waals surface area contributed by atoms with Crippen molar-refractivity contribution in [3.8, 4) is 5.75 Å². The number of aryl methyl sites for hydroxylation is 1. The summed E-state index contributed by atoms with van der Waals surface area (Å²) >= 11 is 5.85. The minimum absolute atomic E-state index is 0.393. The van der Waals surface area contributed by atoms with Gasteiger partial charge in [-0.2, -0.15) is 0 Å². The lowest BCUT2D eigenvalue weighted by Crippen LogP contribution is -1.96. The number of nitrogens with zero attached hydrogens (tertiary/aromatic N) is 1. The van der Waals surface area contributed by atoms with Crippen LogP contribution in [0.25, 0.3) is 12.2 Å². The Morgan fingerprint density at radius 3 is 2.52 bits per heavy atom. The first-order valence-corrected chi connectivity index (χ1v) is 11.2. The van der Waals surface area contributed by atoms with Crippen molar-refractivity contribution in [2.75, 3.05) is 4.43 Å². The number of hydrogen-bond donors (Lipinski definition) is 0. The molecule has 0 aliphatic rings. The third kappa shape index (κ3) is 6.81. The third-order valence-corrected chi connectivity index (χ3v) is 5.31. The smallest absolute Gasteiger partial charge is 0.218 e. The topological polar surface area (TPSA) is 35.3 Å². The third-order valence-electron chi connectivity index (χ3n) is 4.02. The Balaban J connectivity index is 1.49. The molecule has 0 radical (unpaired) electrons. The minimum atomic E-state index is 0.393. The summed E-state index contributed by atoms with van der Waals surface area (Å²) in [4.78, 5) is 4.44. The Bertz CT molecular complexity index is 857. The monoisotopic (exact) mass is 537 g/mol. The number of aromatic nitrogens is 1. The number of unbranched alkanes of at least 4 members (excludes halogenated alkanes) is 1. The molecule has 3 aromatic rings. The summed E-state index contributed by atoms with van der Waals surface area (Å²) in [5.41, 5.74) is 3.22. The molecule has 0 amide bonds. The number of halogens is 2. The molecule has 0 aliphatic heterocycles. The molecule has 0 spiro atoms. The maximum Gasteiger partial charge on any atom is 0.218 e. The van der Waals surface area contributed by atoms with E-state index in [0.29, 0.717) is 12.5 Å². The van der Waals surface area contributed by atoms with E-state index in [1.165, 1.54) is 22.8 Å². The zero-order valence-corrected chi connectivity index (χ0v) is 18.6. The molecule has 0 atom stereocenters. The van der Waals surface area contributed by atoms with Crippen LogP contribution in [-0.4, -0.2) is 9.41 Å². The maximum absolute atomic E-state index is 5.81. The highest BCUT2D eigenvalue weighted by Gasteiger charge is 2.03. The number of alkyl halides is 1. The summed E-state index contributed by atoms with van der Waals surface area (Å²) < 4.78 is 13.6. The highest BCUT2D eigenvalue weighted by molar-refractivity contribution is 14.1. The van der Waals surface area contributed by atoms with Crippen LogP contribution in [-0.2, 0) is 13.0 Å². The average molecular weight is 538 g/mol. The van der Waals surface area contributed by atoms with E-state index in [1.54, 1.807) is 6.26 Å². The molecule has 1 aromatic heterocycles. The van der Waals surface area contributed by atoms with E-state index < -0.39 is 0 Å². The first-order chi connectivity index (χ1) is 13.2. The predicted molar refractivity (Wildman–Crippen MR) is 122 cm³/mol. The molecule has 2 aromatic carbocycles. The maximum atomic E-state index is 5.81. The van der Waals surface area contributed by atoms with Crippen molar-refractivity contribution in [3.05, 3.63) is 82.0 Å². The SMILES string of the molecule is Brc1ccc(C=Cc2nc(COc3ccc(CCCCI)cc3)co2)cc1. The molecule has 3 nitrogen and oxygen atoms in total. The van der Waals surface area contributed by atoms with Crippen LogP contribution in [0.4, 0.5) is 0 Å². The Kier molecular flexibility index (Phi) is 7.95. The van der Waals surface area contributed by atoms with Crippen molar-refractivity contribution in [3.63, 3.8) is 0 Å². The van der Waals surface area contributed by atoms with Crippen LogP contribution < -0.4 is 4.74 Å². The van der Waals surface area contributed by atoms with Gasteiger partial charge in [0.15, 0.2) is 0 Å². The van der Waals surface area contributed by atoms with Crippen LogP contribution in [0.3, 0.4) is 0 Å².